The van der Waals surface area contributed by atoms with Gasteiger partial charge in [-0.15, -0.1) is 0 Å². The molecule has 1 unspecified atom stereocenters. The quantitative estimate of drug-likeness (QED) is 0.405. The van der Waals surface area contributed by atoms with Crippen molar-refractivity contribution in [2.45, 2.75) is 13.0 Å². The zero-order valence-corrected chi connectivity index (χ0v) is 18.6. The van der Waals surface area contributed by atoms with E-state index in [4.69, 9.17) is 5.11 Å². The van der Waals surface area contributed by atoms with Crippen molar-refractivity contribution in [1.29, 1.82) is 0 Å². The van der Waals surface area contributed by atoms with Crippen LogP contribution < -0.4 is 10.6 Å². The number of carbonyl (C=O) groups is 4. The minimum atomic E-state index is -1.37. The summed E-state index contributed by atoms with van der Waals surface area (Å²) in [5, 5.41) is 23.8. The maximum atomic E-state index is 12.6. The molecule has 3 aromatic carbocycles. The number of Topliss-reactive ketones (excluding diaryl/α,β-unsaturated/α-hetero) is 1. The lowest BCUT2D eigenvalue weighted by Gasteiger charge is -2.17. The van der Waals surface area contributed by atoms with Gasteiger partial charge in [0.1, 0.15) is 11.8 Å². The molecule has 2 amide bonds. The summed E-state index contributed by atoms with van der Waals surface area (Å²) in [6.45, 7) is 1.52. The molecule has 2 atom stereocenters. The van der Waals surface area contributed by atoms with Crippen LogP contribution in [0.25, 0.3) is 11.1 Å². The molecular weight excluding hydrogens is 450 g/mol. The first-order chi connectivity index (χ1) is 16.7. The third-order valence-electron chi connectivity index (χ3n) is 5.53. The van der Waals surface area contributed by atoms with Gasteiger partial charge in [-0.2, -0.15) is 0 Å². The molecule has 1 aliphatic heterocycles. The van der Waals surface area contributed by atoms with Crippen LogP contribution in [0, 0.1) is 5.92 Å². The average Bonchev–Trinajstić information content (AvgIpc) is 2.85. The molecule has 9 heteroatoms. The zero-order chi connectivity index (χ0) is 25.1. The van der Waals surface area contributed by atoms with E-state index in [9.17, 15) is 24.3 Å². The first-order valence-corrected chi connectivity index (χ1v) is 10.7. The number of carboxylic acid groups (broad SMARTS) is 1. The summed E-state index contributed by atoms with van der Waals surface area (Å²) in [6, 6.07) is 17.0. The number of aliphatic carboxylic acids is 1. The largest absolute Gasteiger partial charge is 0.508 e. The van der Waals surface area contributed by atoms with Gasteiger partial charge >= 0.3 is 5.97 Å². The standard InChI is InChI=1S/C26H21N3O6/c1-14(28-25(33)17-4-2-15(3-5-17)16-6-9-19(30)10-7-16)24(32)29-18-8-11-22-20(12-18)23(31)21(13-27-22)26(34)35/h2-14,21,30H,1H3,(H,28,33)(H,29,32)(H,34,35)/t14-,21?/m0/s1. The number of anilines is 1. The van der Waals surface area contributed by atoms with E-state index in [2.05, 4.69) is 15.6 Å². The summed E-state index contributed by atoms with van der Waals surface area (Å²) in [4.78, 5) is 52.8. The molecule has 3 aromatic rings. The van der Waals surface area contributed by atoms with Crippen LogP contribution in [0.3, 0.4) is 0 Å². The number of rotatable bonds is 6. The van der Waals surface area contributed by atoms with Gasteiger partial charge in [-0.1, -0.05) is 24.3 Å². The Morgan fingerprint density at radius 2 is 1.57 bits per heavy atom. The third-order valence-corrected chi connectivity index (χ3v) is 5.53. The number of aliphatic imine (C=N–C) groups is 1. The first-order valence-electron chi connectivity index (χ1n) is 10.7. The Bertz CT molecular complexity index is 1350. The Morgan fingerprint density at radius 1 is 0.943 bits per heavy atom. The number of ketones is 1. The second kappa shape index (κ2) is 9.60. The highest BCUT2D eigenvalue weighted by atomic mass is 16.4. The Kier molecular flexibility index (Phi) is 6.41. The van der Waals surface area contributed by atoms with Crippen LogP contribution >= 0.6 is 0 Å². The third kappa shape index (κ3) is 5.09. The van der Waals surface area contributed by atoms with Crippen molar-refractivity contribution < 1.29 is 29.4 Å². The van der Waals surface area contributed by atoms with Crippen molar-refractivity contribution in [3.63, 3.8) is 0 Å². The van der Waals surface area contributed by atoms with E-state index in [1.807, 2.05) is 0 Å². The summed E-state index contributed by atoms with van der Waals surface area (Å²) >= 11 is 0. The van der Waals surface area contributed by atoms with Crippen LogP contribution in [-0.4, -0.2) is 46.0 Å². The minimum absolute atomic E-state index is 0.100. The van der Waals surface area contributed by atoms with E-state index in [1.54, 1.807) is 54.6 Å². The zero-order valence-electron chi connectivity index (χ0n) is 18.6. The molecular formula is C26H21N3O6. The van der Waals surface area contributed by atoms with Gasteiger partial charge < -0.3 is 20.8 Å². The number of hydrogen-bond donors (Lipinski definition) is 4. The first kappa shape index (κ1) is 23.4. The number of phenols is 1. The highest BCUT2D eigenvalue weighted by Crippen LogP contribution is 2.29. The maximum Gasteiger partial charge on any atom is 0.319 e. The van der Waals surface area contributed by atoms with E-state index < -0.39 is 35.5 Å². The molecule has 1 aliphatic rings. The van der Waals surface area contributed by atoms with Gasteiger partial charge in [0.2, 0.25) is 5.91 Å². The van der Waals surface area contributed by atoms with Gasteiger partial charge in [0.05, 0.1) is 5.69 Å². The number of amides is 2. The van der Waals surface area contributed by atoms with Crippen LogP contribution in [0.4, 0.5) is 11.4 Å². The summed E-state index contributed by atoms with van der Waals surface area (Å²) < 4.78 is 0. The fourth-order valence-corrected chi connectivity index (χ4v) is 3.55. The SMILES string of the molecule is C[C@H](NC(=O)c1ccc(-c2ccc(O)cc2)cc1)C(=O)Nc1ccc2c(c1)C(=O)C(C(=O)O)C=N2. The van der Waals surface area contributed by atoms with Gasteiger partial charge in [0.15, 0.2) is 11.7 Å². The van der Waals surface area contributed by atoms with E-state index in [0.29, 0.717) is 11.3 Å². The normalized spacial score (nSPS) is 15.1. The van der Waals surface area contributed by atoms with E-state index in [-0.39, 0.29) is 17.0 Å². The molecule has 0 saturated heterocycles. The molecule has 1 heterocycles. The number of nitrogens with one attached hydrogen (secondary N) is 2. The summed E-state index contributed by atoms with van der Waals surface area (Å²) in [6.07, 6.45) is 1.08. The van der Waals surface area contributed by atoms with Gasteiger partial charge in [-0.3, -0.25) is 24.2 Å². The summed E-state index contributed by atoms with van der Waals surface area (Å²) in [5.41, 5.74) is 2.81. The highest BCUT2D eigenvalue weighted by Gasteiger charge is 2.30. The van der Waals surface area contributed by atoms with E-state index in [1.165, 1.54) is 19.1 Å². The fourth-order valence-electron chi connectivity index (χ4n) is 3.55. The van der Waals surface area contributed by atoms with Crippen molar-refractivity contribution in [1.82, 2.24) is 5.32 Å². The Labute approximate surface area is 200 Å². The van der Waals surface area contributed by atoms with Crippen molar-refractivity contribution in [3.8, 4) is 16.9 Å². The van der Waals surface area contributed by atoms with Crippen LogP contribution in [0.2, 0.25) is 0 Å². The van der Waals surface area contributed by atoms with Crippen molar-refractivity contribution in [2.75, 3.05) is 5.32 Å². The molecule has 0 spiro atoms. The molecule has 0 radical (unpaired) electrons. The lowest BCUT2D eigenvalue weighted by molar-refractivity contribution is -0.137. The molecule has 4 N–H and O–H groups in total. The maximum absolute atomic E-state index is 12.6. The Balaban J connectivity index is 1.39. The Hall–Kier alpha value is -4.79. The lowest BCUT2D eigenvalue weighted by Crippen LogP contribution is -2.41. The number of aromatic hydroxyl groups is 1. The molecule has 4 rings (SSSR count). The number of nitrogens with zero attached hydrogens (tertiary/aromatic N) is 1. The average molecular weight is 471 g/mol. The molecule has 0 aromatic heterocycles. The number of phenolic OH excluding ortho intramolecular Hbond substituents is 1. The summed E-state index contributed by atoms with van der Waals surface area (Å²) in [7, 11) is 0. The van der Waals surface area contributed by atoms with E-state index >= 15 is 0 Å². The van der Waals surface area contributed by atoms with Crippen LogP contribution in [-0.2, 0) is 9.59 Å². The van der Waals surface area contributed by atoms with Gasteiger partial charge in [0.25, 0.3) is 5.91 Å². The number of hydrogen-bond acceptors (Lipinski definition) is 6. The molecule has 0 saturated carbocycles. The van der Waals surface area contributed by atoms with Crippen molar-refractivity contribution >= 4 is 41.2 Å². The van der Waals surface area contributed by atoms with Crippen LogP contribution in [0.5, 0.6) is 5.75 Å². The topological polar surface area (TPSA) is 145 Å². The number of carboxylic acids is 1. The van der Waals surface area contributed by atoms with Crippen LogP contribution in [0.1, 0.15) is 27.6 Å². The molecule has 0 fully saturated rings. The Morgan fingerprint density at radius 3 is 2.20 bits per heavy atom. The predicted molar refractivity (Wildman–Crippen MR) is 129 cm³/mol. The molecule has 0 bridgehead atoms. The molecule has 176 valence electrons. The van der Waals surface area contributed by atoms with Gasteiger partial charge in [0, 0.05) is 23.0 Å². The van der Waals surface area contributed by atoms with Crippen molar-refractivity contribution in [2.24, 2.45) is 10.9 Å². The number of benzene rings is 3. The molecule has 9 nitrogen and oxygen atoms in total. The molecule has 0 aliphatic carbocycles. The van der Waals surface area contributed by atoms with Crippen molar-refractivity contribution in [3.05, 3.63) is 77.9 Å². The number of fused-ring (bicyclic) bond motifs is 1. The lowest BCUT2D eigenvalue weighted by atomic mass is 9.94. The fraction of sp³-hybridized carbons (Fsp3) is 0.115. The smallest absolute Gasteiger partial charge is 0.319 e. The second-order valence-electron chi connectivity index (χ2n) is 8.00. The van der Waals surface area contributed by atoms with Crippen LogP contribution in [0.15, 0.2) is 71.7 Å². The summed E-state index contributed by atoms with van der Waals surface area (Å²) in [5.74, 6) is -4.07. The second-order valence-corrected chi connectivity index (χ2v) is 8.00. The minimum Gasteiger partial charge on any atom is -0.508 e. The molecule has 35 heavy (non-hydrogen) atoms. The van der Waals surface area contributed by atoms with E-state index in [0.717, 1.165) is 17.3 Å². The number of carbonyl (C=O) groups excluding carboxylic acids is 3. The van der Waals surface area contributed by atoms with Gasteiger partial charge in [-0.05, 0) is 60.5 Å². The van der Waals surface area contributed by atoms with Gasteiger partial charge in [-0.25, -0.2) is 0 Å². The monoisotopic (exact) mass is 471 g/mol. The highest BCUT2D eigenvalue weighted by molar-refractivity contribution is 6.22. The predicted octanol–water partition coefficient (Wildman–Crippen LogP) is 3.42.